The van der Waals surface area contributed by atoms with Crippen LogP contribution >= 0.6 is 12.4 Å². The van der Waals surface area contributed by atoms with Crippen LogP contribution in [0.1, 0.15) is 36.5 Å². The summed E-state index contributed by atoms with van der Waals surface area (Å²) in [5.41, 5.74) is 0.0737. The van der Waals surface area contributed by atoms with Crippen LogP contribution in [-0.2, 0) is 4.79 Å². The summed E-state index contributed by atoms with van der Waals surface area (Å²) >= 11 is 0. The third-order valence-electron chi connectivity index (χ3n) is 5.04. The summed E-state index contributed by atoms with van der Waals surface area (Å²) in [6.45, 7) is 4.28. The zero-order valence-electron chi connectivity index (χ0n) is 15.6. The summed E-state index contributed by atoms with van der Waals surface area (Å²) in [6, 6.07) is 7.03. The maximum atomic E-state index is 12.9. The third-order valence-corrected chi connectivity index (χ3v) is 5.04. The lowest BCUT2D eigenvalue weighted by Gasteiger charge is -2.36. The molecule has 1 fully saturated rings. The molecule has 0 bridgehead atoms. The molecule has 2 atom stereocenters. The molecule has 3 rings (SSSR count). The smallest absolute Gasteiger partial charge is 0.255 e. The van der Waals surface area contributed by atoms with Gasteiger partial charge in [-0.3, -0.25) is 9.59 Å². The number of amides is 2. The van der Waals surface area contributed by atoms with E-state index in [-0.39, 0.29) is 30.3 Å². The second-order valence-electron chi connectivity index (χ2n) is 7.13. The van der Waals surface area contributed by atoms with Crippen molar-refractivity contribution in [2.24, 2.45) is 5.41 Å². The molecule has 1 aromatic rings. The Hall–Kier alpha value is -2.05. The number of allylic oxidation sites excluding steroid dienone is 1. The van der Waals surface area contributed by atoms with Gasteiger partial charge in [-0.1, -0.05) is 24.3 Å². The average Bonchev–Trinajstić information content (AvgIpc) is 2.66. The number of carbonyl (C=O) groups is 2. The van der Waals surface area contributed by atoms with Gasteiger partial charge in [-0.25, -0.2) is 0 Å². The normalized spacial score (nSPS) is 27.8. The van der Waals surface area contributed by atoms with Crippen LogP contribution in [0, 0.1) is 5.41 Å². The zero-order chi connectivity index (χ0) is 18.4. The standard InChI is InChI=1S/C20H27N3O3.ClH/c1-15-13-22-19(25)20(10-6-11-21-14-20)9-4-5-12-26-17-8-3-2-7-16(17)18(24)23-15;/h2-5,7-8,15,21H,6,9-14H2,1H3,(H,22,25)(H,23,24);1H/b5-4-;/t15-,20-;/m0./s1. The van der Waals surface area contributed by atoms with Gasteiger partial charge in [-0.2, -0.15) is 0 Å². The first-order valence-electron chi connectivity index (χ1n) is 9.27. The van der Waals surface area contributed by atoms with Crippen LogP contribution in [0.3, 0.4) is 0 Å². The highest BCUT2D eigenvalue weighted by atomic mass is 35.5. The Morgan fingerprint density at radius 1 is 1.19 bits per heavy atom. The van der Waals surface area contributed by atoms with Crippen molar-refractivity contribution < 1.29 is 14.3 Å². The molecule has 3 N–H and O–H groups in total. The predicted molar refractivity (Wildman–Crippen MR) is 107 cm³/mol. The lowest BCUT2D eigenvalue weighted by Crippen LogP contribution is -2.52. The van der Waals surface area contributed by atoms with E-state index >= 15 is 0 Å². The molecule has 0 aromatic heterocycles. The van der Waals surface area contributed by atoms with Crippen LogP contribution in [0.2, 0.25) is 0 Å². The fourth-order valence-electron chi connectivity index (χ4n) is 3.51. The van der Waals surface area contributed by atoms with Gasteiger partial charge in [0.25, 0.3) is 5.91 Å². The fourth-order valence-corrected chi connectivity index (χ4v) is 3.51. The number of nitrogens with one attached hydrogen (secondary N) is 3. The molecular weight excluding hydrogens is 366 g/mol. The van der Waals surface area contributed by atoms with Gasteiger partial charge in [-0.05, 0) is 44.9 Å². The molecule has 0 unspecified atom stereocenters. The van der Waals surface area contributed by atoms with Crippen LogP contribution in [-0.4, -0.2) is 44.1 Å². The van der Waals surface area contributed by atoms with Gasteiger partial charge in [0.05, 0.1) is 11.0 Å². The molecule has 2 amide bonds. The third kappa shape index (κ3) is 5.23. The fraction of sp³-hybridized carbons (Fsp3) is 0.500. The molecule has 0 radical (unpaired) electrons. The molecule has 27 heavy (non-hydrogen) atoms. The van der Waals surface area contributed by atoms with E-state index in [0.29, 0.717) is 37.4 Å². The first-order chi connectivity index (χ1) is 12.6. The van der Waals surface area contributed by atoms with Crippen LogP contribution in [0.15, 0.2) is 36.4 Å². The predicted octanol–water partition coefficient (Wildman–Crippen LogP) is 2.05. The van der Waals surface area contributed by atoms with E-state index in [2.05, 4.69) is 16.0 Å². The van der Waals surface area contributed by atoms with Crippen molar-refractivity contribution in [2.45, 2.75) is 32.2 Å². The summed E-state index contributed by atoms with van der Waals surface area (Å²) < 4.78 is 5.78. The Bertz CT molecular complexity index is 687. The molecule has 1 spiro atoms. The highest BCUT2D eigenvalue weighted by Crippen LogP contribution is 2.31. The second kappa shape index (κ2) is 9.76. The minimum Gasteiger partial charge on any atom is -0.489 e. The van der Waals surface area contributed by atoms with Crippen molar-refractivity contribution in [3.05, 3.63) is 42.0 Å². The Morgan fingerprint density at radius 3 is 2.78 bits per heavy atom. The number of piperidine rings is 1. The number of hydrogen-bond acceptors (Lipinski definition) is 4. The highest BCUT2D eigenvalue weighted by molar-refractivity contribution is 5.97. The Kier molecular flexibility index (Phi) is 7.68. The molecule has 7 heteroatoms. The molecule has 2 aliphatic rings. The van der Waals surface area contributed by atoms with Crippen molar-refractivity contribution >= 4 is 24.2 Å². The van der Waals surface area contributed by atoms with Crippen LogP contribution < -0.4 is 20.7 Å². The first-order valence-corrected chi connectivity index (χ1v) is 9.27. The van der Waals surface area contributed by atoms with Crippen molar-refractivity contribution in [3.63, 3.8) is 0 Å². The number of hydrogen-bond donors (Lipinski definition) is 3. The minimum atomic E-state index is -0.430. The molecule has 1 aromatic carbocycles. The van der Waals surface area contributed by atoms with Crippen molar-refractivity contribution in [1.82, 2.24) is 16.0 Å². The Balaban J connectivity index is 0.00000261. The number of ether oxygens (including phenoxy) is 1. The van der Waals surface area contributed by atoms with E-state index in [1.165, 1.54) is 0 Å². The van der Waals surface area contributed by atoms with Gasteiger partial charge in [0.1, 0.15) is 12.4 Å². The van der Waals surface area contributed by atoms with Crippen molar-refractivity contribution in [3.8, 4) is 5.75 Å². The van der Waals surface area contributed by atoms with Gasteiger partial charge < -0.3 is 20.7 Å². The van der Waals surface area contributed by atoms with E-state index < -0.39 is 5.41 Å². The number of para-hydroxylation sites is 1. The molecule has 2 aliphatic heterocycles. The van der Waals surface area contributed by atoms with E-state index in [9.17, 15) is 9.59 Å². The molecular formula is C20H28ClN3O3. The topological polar surface area (TPSA) is 79.5 Å². The number of rotatable bonds is 0. The lowest BCUT2D eigenvalue weighted by atomic mass is 9.76. The van der Waals surface area contributed by atoms with Crippen LogP contribution in [0.25, 0.3) is 0 Å². The van der Waals surface area contributed by atoms with Crippen LogP contribution in [0.4, 0.5) is 0 Å². The van der Waals surface area contributed by atoms with Gasteiger partial charge in [0.2, 0.25) is 5.91 Å². The lowest BCUT2D eigenvalue weighted by molar-refractivity contribution is -0.132. The van der Waals surface area contributed by atoms with Gasteiger partial charge in [-0.15, -0.1) is 12.4 Å². The molecule has 2 heterocycles. The molecule has 0 aliphatic carbocycles. The highest BCUT2D eigenvalue weighted by Gasteiger charge is 2.38. The SMILES string of the molecule is C[C@H]1CNC(=O)[C@@]2(C/C=C\COc3ccccc3C(=O)N1)CCCNC2.Cl. The minimum absolute atomic E-state index is 0. The maximum Gasteiger partial charge on any atom is 0.255 e. The average molecular weight is 394 g/mol. The summed E-state index contributed by atoms with van der Waals surface area (Å²) in [5, 5.41) is 9.31. The quantitative estimate of drug-likeness (QED) is 0.589. The van der Waals surface area contributed by atoms with Crippen LogP contribution in [0.5, 0.6) is 5.75 Å². The summed E-state index contributed by atoms with van der Waals surface area (Å²) in [6.07, 6.45) is 6.47. The molecule has 6 nitrogen and oxygen atoms in total. The zero-order valence-corrected chi connectivity index (χ0v) is 16.4. The monoisotopic (exact) mass is 393 g/mol. The maximum absolute atomic E-state index is 12.9. The number of carbonyl (C=O) groups excluding carboxylic acids is 2. The Labute approximate surface area is 166 Å². The Morgan fingerprint density at radius 2 is 2.00 bits per heavy atom. The number of halogens is 1. The second-order valence-corrected chi connectivity index (χ2v) is 7.13. The molecule has 1 saturated heterocycles. The van der Waals surface area contributed by atoms with E-state index in [1.54, 1.807) is 12.1 Å². The first kappa shape index (κ1) is 21.3. The van der Waals surface area contributed by atoms with E-state index in [1.807, 2.05) is 31.2 Å². The number of fused-ring (bicyclic) bond motifs is 1. The van der Waals surface area contributed by atoms with Crippen molar-refractivity contribution in [2.75, 3.05) is 26.2 Å². The number of benzene rings is 1. The summed E-state index contributed by atoms with van der Waals surface area (Å²) in [5.74, 6) is 0.420. The van der Waals surface area contributed by atoms with Gasteiger partial charge >= 0.3 is 0 Å². The van der Waals surface area contributed by atoms with Gasteiger partial charge in [0.15, 0.2) is 0 Å². The largest absolute Gasteiger partial charge is 0.489 e. The van der Waals surface area contributed by atoms with E-state index in [4.69, 9.17) is 4.74 Å². The molecule has 0 saturated carbocycles. The molecule has 148 valence electrons. The van der Waals surface area contributed by atoms with E-state index in [0.717, 1.165) is 19.4 Å². The van der Waals surface area contributed by atoms with Gasteiger partial charge in [0, 0.05) is 19.1 Å². The van der Waals surface area contributed by atoms with Crippen molar-refractivity contribution in [1.29, 1.82) is 0 Å². The summed E-state index contributed by atoms with van der Waals surface area (Å²) in [4.78, 5) is 25.4. The summed E-state index contributed by atoms with van der Waals surface area (Å²) in [7, 11) is 0.